The Labute approximate surface area is 127 Å². The first-order valence-corrected chi connectivity index (χ1v) is 8.63. The minimum Gasteiger partial charge on any atom is -0.370 e. The van der Waals surface area contributed by atoms with Crippen LogP contribution in [0.5, 0.6) is 0 Å². The first kappa shape index (κ1) is 15.6. The molecule has 3 rings (SSSR count). The number of para-hydroxylation sites is 1. The fourth-order valence-corrected chi connectivity index (χ4v) is 3.88. The molecule has 8 heteroatoms. The first-order valence-electron chi connectivity index (χ1n) is 7.09. The molecule has 0 amide bonds. The number of hydrogen-bond acceptors (Lipinski definition) is 5. The Kier molecular flexibility index (Phi) is 4.09. The molecule has 122 valence electrons. The molecule has 0 radical (unpaired) electrons. The lowest BCUT2D eigenvalue weighted by molar-refractivity contribution is -0.169. The Morgan fingerprint density at radius 1 is 1.09 bits per heavy atom. The second-order valence-corrected chi connectivity index (χ2v) is 7.25. The molecule has 0 unspecified atom stereocenters. The molecule has 0 saturated carbocycles. The topological polar surface area (TPSA) is 55.8 Å². The average molecular weight is 333 g/mol. The van der Waals surface area contributed by atoms with Crippen LogP contribution in [0.3, 0.4) is 0 Å². The summed E-state index contributed by atoms with van der Waals surface area (Å²) in [6.07, 6.45) is 1.16. The van der Waals surface area contributed by atoms with E-state index in [4.69, 9.17) is 9.47 Å². The Morgan fingerprint density at radius 3 is 2.27 bits per heavy atom. The number of anilines is 1. The zero-order valence-corrected chi connectivity index (χ0v) is 12.7. The zero-order valence-electron chi connectivity index (χ0n) is 11.9. The molecular formula is C14H17F2NO4S. The summed E-state index contributed by atoms with van der Waals surface area (Å²) >= 11 is 0. The number of sulfone groups is 1. The molecule has 0 aliphatic carbocycles. The predicted molar refractivity (Wildman–Crippen MR) is 75.7 cm³/mol. The highest BCUT2D eigenvalue weighted by Gasteiger charge is 2.41. The molecule has 2 aliphatic heterocycles. The van der Waals surface area contributed by atoms with Crippen LogP contribution >= 0.6 is 0 Å². The normalized spacial score (nSPS) is 21.7. The highest BCUT2D eigenvalue weighted by molar-refractivity contribution is 7.91. The number of nitrogens with zero attached hydrogens (tertiary/aromatic N) is 1. The van der Waals surface area contributed by atoms with Gasteiger partial charge in [0.25, 0.3) is 0 Å². The fraction of sp³-hybridized carbons (Fsp3) is 0.571. The van der Waals surface area contributed by atoms with Gasteiger partial charge in [0.05, 0.1) is 23.8 Å². The van der Waals surface area contributed by atoms with Gasteiger partial charge in [-0.2, -0.15) is 8.78 Å². The highest BCUT2D eigenvalue weighted by atomic mass is 32.2. The van der Waals surface area contributed by atoms with Gasteiger partial charge < -0.3 is 14.4 Å². The number of halogens is 2. The van der Waals surface area contributed by atoms with Gasteiger partial charge >= 0.3 is 5.76 Å². The van der Waals surface area contributed by atoms with Gasteiger partial charge in [-0.25, -0.2) is 8.42 Å². The Morgan fingerprint density at radius 2 is 1.68 bits per heavy atom. The van der Waals surface area contributed by atoms with Crippen molar-refractivity contribution in [1.82, 2.24) is 0 Å². The number of piperidine rings is 1. The summed E-state index contributed by atoms with van der Waals surface area (Å²) < 4.78 is 60.5. The third kappa shape index (κ3) is 2.70. The molecule has 2 saturated heterocycles. The monoisotopic (exact) mass is 333 g/mol. The number of benzene rings is 1. The van der Waals surface area contributed by atoms with Crippen LogP contribution in [-0.2, 0) is 19.3 Å². The summed E-state index contributed by atoms with van der Waals surface area (Å²) in [4.78, 5) is 1.47. The van der Waals surface area contributed by atoms with Gasteiger partial charge in [-0.1, -0.05) is 12.1 Å². The Balaban J connectivity index is 1.85. The van der Waals surface area contributed by atoms with E-state index < -0.39 is 21.4 Å². The van der Waals surface area contributed by atoms with Crippen LogP contribution < -0.4 is 4.90 Å². The molecule has 2 fully saturated rings. The molecule has 1 aromatic carbocycles. The molecule has 5 nitrogen and oxygen atoms in total. The summed E-state index contributed by atoms with van der Waals surface area (Å²) in [7, 11) is -4.62. The molecule has 0 atom stereocenters. The standard InChI is InChI=1S/C14H17F2NO4S/c15-13(16)22(18,19)12-4-2-1-3-11(12)17-7-5-14(6-8-17)20-9-10-21-14/h1-4,13H,5-10H2. The minimum absolute atomic E-state index is 0.315. The van der Waals surface area contributed by atoms with Gasteiger partial charge in [0.1, 0.15) is 0 Å². The average Bonchev–Trinajstić information content (AvgIpc) is 2.96. The molecule has 1 aromatic rings. The third-order valence-corrected chi connectivity index (χ3v) is 5.51. The second-order valence-electron chi connectivity index (χ2n) is 5.37. The van der Waals surface area contributed by atoms with Gasteiger partial charge in [0.15, 0.2) is 5.79 Å². The second kappa shape index (κ2) is 5.75. The van der Waals surface area contributed by atoms with E-state index in [-0.39, 0.29) is 4.90 Å². The van der Waals surface area contributed by atoms with E-state index in [1.807, 2.05) is 0 Å². The van der Waals surface area contributed by atoms with Crippen molar-refractivity contribution in [2.75, 3.05) is 31.2 Å². The lowest BCUT2D eigenvalue weighted by atomic mass is 10.0. The van der Waals surface area contributed by atoms with Gasteiger partial charge in [-0.05, 0) is 12.1 Å². The minimum atomic E-state index is -4.62. The maximum Gasteiger partial charge on any atom is 0.341 e. The fourth-order valence-electron chi connectivity index (χ4n) is 2.93. The van der Waals surface area contributed by atoms with Crippen LogP contribution in [0.4, 0.5) is 14.5 Å². The van der Waals surface area contributed by atoms with Gasteiger partial charge in [0, 0.05) is 25.9 Å². The third-order valence-electron chi connectivity index (χ3n) is 4.09. The van der Waals surface area contributed by atoms with Crippen molar-refractivity contribution in [3.8, 4) is 0 Å². The number of hydrogen-bond donors (Lipinski definition) is 0. The largest absolute Gasteiger partial charge is 0.370 e. The van der Waals surface area contributed by atoms with Crippen LogP contribution in [0.1, 0.15) is 12.8 Å². The van der Waals surface area contributed by atoms with Crippen LogP contribution in [0.15, 0.2) is 29.2 Å². The van der Waals surface area contributed by atoms with Crippen LogP contribution in [0, 0.1) is 0 Å². The first-order chi connectivity index (χ1) is 10.4. The van der Waals surface area contributed by atoms with Crippen molar-refractivity contribution in [3.63, 3.8) is 0 Å². The Bertz CT molecular complexity index is 634. The van der Waals surface area contributed by atoms with Crippen molar-refractivity contribution in [2.45, 2.75) is 29.3 Å². The van der Waals surface area contributed by atoms with Crippen LogP contribution in [0.2, 0.25) is 0 Å². The number of alkyl halides is 2. The van der Waals surface area contributed by atoms with E-state index in [1.165, 1.54) is 12.1 Å². The summed E-state index contributed by atoms with van der Waals surface area (Å²) in [5, 5.41) is 0. The van der Waals surface area contributed by atoms with Crippen molar-refractivity contribution >= 4 is 15.5 Å². The van der Waals surface area contributed by atoms with Crippen molar-refractivity contribution in [2.24, 2.45) is 0 Å². The van der Waals surface area contributed by atoms with Gasteiger partial charge in [-0.15, -0.1) is 0 Å². The van der Waals surface area contributed by atoms with Crippen molar-refractivity contribution < 1.29 is 26.7 Å². The van der Waals surface area contributed by atoms with Gasteiger partial charge in [0.2, 0.25) is 9.84 Å². The van der Waals surface area contributed by atoms with E-state index >= 15 is 0 Å². The molecule has 0 N–H and O–H groups in total. The maximum atomic E-state index is 12.8. The smallest absolute Gasteiger partial charge is 0.341 e. The summed E-state index contributed by atoms with van der Waals surface area (Å²) in [6, 6.07) is 5.88. The molecule has 2 aliphatic rings. The number of rotatable bonds is 3. The highest BCUT2D eigenvalue weighted by Crippen LogP contribution is 2.36. The quantitative estimate of drug-likeness (QED) is 0.847. The van der Waals surface area contributed by atoms with E-state index in [0.717, 1.165) is 0 Å². The summed E-state index contributed by atoms with van der Waals surface area (Å²) in [6.45, 7) is 2.10. The van der Waals surface area contributed by atoms with E-state index in [9.17, 15) is 17.2 Å². The summed E-state index contributed by atoms with van der Waals surface area (Å²) in [5.74, 6) is -4.01. The SMILES string of the molecule is O=S(=O)(c1ccccc1N1CCC2(CC1)OCCO2)C(F)F. The number of ether oxygens (including phenoxy) is 2. The molecule has 0 bridgehead atoms. The lowest BCUT2D eigenvalue weighted by Gasteiger charge is -2.39. The van der Waals surface area contributed by atoms with E-state index in [1.54, 1.807) is 17.0 Å². The van der Waals surface area contributed by atoms with Crippen molar-refractivity contribution in [3.05, 3.63) is 24.3 Å². The van der Waals surface area contributed by atoms with E-state index in [0.29, 0.717) is 44.8 Å². The zero-order chi connectivity index (χ0) is 15.8. The van der Waals surface area contributed by atoms with Crippen LogP contribution in [-0.4, -0.2) is 46.3 Å². The molecule has 22 heavy (non-hydrogen) atoms. The molecule has 1 spiro atoms. The molecular weight excluding hydrogens is 316 g/mol. The summed E-state index contributed by atoms with van der Waals surface area (Å²) in [5.41, 5.74) is 0.315. The Hall–Kier alpha value is -1.25. The molecule has 2 heterocycles. The van der Waals surface area contributed by atoms with Crippen LogP contribution in [0.25, 0.3) is 0 Å². The van der Waals surface area contributed by atoms with Gasteiger partial charge in [-0.3, -0.25) is 0 Å². The predicted octanol–water partition coefficient (Wildman–Crippen LogP) is 2.03. The van der Waals surface area contributed by atoms with Crippen molar-refractivity contribution in [1.29, 1.82) is 0 Å². The maximum absolute atomic E-state index is 12.8. The lowest BCUT2D eigenvalue weighted by Crippen LogP contribution is -2.45. The van der Waals surface area contributed by atoms with E-state index in [2.05, 4.69) is 0 Å². The molecule has 0 aromatic heterocycles.